The van der Waals surface area contributed by atoms with Crippen LogP contribution in [-0.2, 0) is 9.47 Å². The molecule has 0 saturated carbocycles. The molecule has 5 heteroatoms. The quantitative estimate of drug-likeness (QED) is 0.733. The molecule has 1 saturated heterocycles. The van der Waals surface area contributed by atoms with Crippen molar-refractivity contribution >= 4 is 5.78 Å². The van der Waals surface area contributed by atoms with Gasteiger partial charge >= 0.3 is 0 Å². The molecule has 17 heavy (non-hydrogen) atoms. The Morgan fingerprint density at radius 3 is 3.12 bits per heavy atom. The molecule has 0 amide bonds. The highest BCUT2D eigenvalue weighted by Crippen LogP contribution is 2.15. The summed E-state index contributed by atoms with van der Waals surface area (Å²) in [4.78, 5) is 16.0. The standard InChI is InChI=1S/C12H15NO4/c1-2-16-10-5-9(6-13-7-10)12(14)11-8-15-3-4-17-11/h5-7,11H,2-4,8H2,1H3. The predicted molar refractivity (Wildman–Crippen MR) is 60.3 cm³/mol. The van der Waals surface area contributed by atoms with Crippen LogP contribution in [0.25, 0.3) is 0 Å². The second-order valence-electron chi connectivity index (χ2n) is 3.64. The first-order valence-corrected chi connectivity index (χ1v) is 5.62. The number of pyridine rings is 1. The van der Waals surface area contributed by atoms with Crippen LogP contribution in [-0.4, -0.2) is 43.3 Å². The minimum absolute atomic E-state index is 0.112. The number of rotatable bonds is 4. The average Bonchev–Trinajstić information content (AvgIpc) is 2.40. The molecule has 1 aromatic rings. The van der Waals surface area contributed by atoms with Gasteiger partial charge in [-0.05, 0) is 13.0 Å². The zero-order valence-corrected chi connectivity index (χ0v) is 9.72. The van der Waals surface area contributed by atoms with E-state index in [4.69, 9.17) is 14.2 Å². The minimum Gasteiger partial charge on any atom is -0.492 e. The van der Waals surface area contributed by atoms with Crippen LogP contribution in [0, 0.1) is 0 Å². The first-order valence-electron chi connectivity index (χ1n) is 5.62. The molecule has 0 aliphatic carbocycles. The zero-order valence-electron chi connectivity index (χ0n) is 9.72. The molecule has 0 radical (unpaired) electrons. The van der Waals surface area contributed by atoms with Crippen molar-refractivity contribution in [3.05, 3.63) is 24.0 Å². The third-order valence-corrected chi connectivity index (χ3v) is 2.42. The molecule has 1 aromatic heterocycles. The maximum absolute atomic E-state index is 12.1. The molecular formula is C12H15NO4. The molecule has 0 bridgehead atoms. The van der Waals surface area contributed by atoms with Gasteiger partial charge in [0.1, 0.15) is 11.9 Å². The molecule has 0 spiro atoms. The van der Waals surface area contributed by atoms with Crippen LogP contribution >= 0.6 is 0 Å². The summed E-state index contributed by atoms with van der Waals surface area (Å²) in [5, 5.41) is 0. The van der Waals surface area contributed by atoms with E-state index >= 15 is 0 Å². The lowest BCUT2D eigenvalue weighted by Gasteiger charge is -2.21. The fourth-order valence-corrected chi connectivity index (χ4v) is 1.62. The molecule has 1 aliphatic rings. The van der Waals surface area contributed by atoms with Crippen LogP contribution in [0.4, 0.5) is 0 Å². The second-order valence-corrected chi connectivity index (χ2v) is 3.64. The summed E-state index contributed by atoms with van der Waals surface area (Å²) in [6.07, 6.45) is 2.57. The number of Topliss-reactive ketones (excluding diaryl/α,β-unsaturated/α-hetero) is 1. The summed E-state index contributed by atoms with van der Waals surface area (Å²) in [7, 11) is 0. The van der Waals surface area contributed by atoms with Crippen LogP contribution in [0.2, 0.25) is 0 Å². The van der Waals surface area contributed by atoms with Gasteiger partial charge < -0.3 is 14.2 Å². The molecular weight excluding hydrogens is 222 g/mol. The van der Waals surface area contributed by atoms with Gasteiger partial charge in [0.2, 0.25) is 0 Å². The summed E-state index contributed by atoms with van der Waals surface area (Å²) in [6.45, 7) is 3.72. The Labute approximate surface area is 99.7 Å². The Morgan fingerprint density at radius 1 is 1.53 bits per heavy atom. The van der Waals surface area contributed by atoms with E-state index in [-0.39, 0.29) is 5.78 Å². The maximum atomic E-state index is 12.1. The number of nitrogens with zero attached hydrogens (tertiary/aromatic N) is 1. The molecule has 0 aromatic carbocycles. The Hall–Kier alpha value is -1.46. The molecule has 1 unspecified atom stereocenters. The number of ketones is 1. The fourth-order valence-electron chi connectivity index (χ4n) is 1.62. The average molecular weight is 237 g/mol. The van der Waals surface area contributed by atoms with Gasteiger partial charge in [-0.1, -0.05) is 0 Å². The van der Waals surface area contributed by atoms with Gasteiger partial charge in [-0.25, -0.2) is 0 Å². The van der Waals surface area contributed by atoms with Crippen molar-refractivity contribution in [3.8, 4) is 5.75 Å². The summed E-state index contributed by atoms with van der Waals surface area (Å²) in [6, 6.07) is 1.68. The number of carbonyl (C=O) groups is 1. The highest BCUT2D eigenvalue weighted by molar-refractivity contribution is 5.99. The van der Waals surface area contributed by atoms with Crippen molar-refractivity contribution in [1.29, 1.82) is 0 Å². The molecule has 1 fully saturated rings. The summed E-state index contributed by atoms with van der Waals surface area (Å²) >= 11 is 0. The number of carbonyl (C=O) groups excluding carboxylic acids is 1. The Morgan fingerprint density at radius 2 is 2.41 bits per heavy atom. The number of hydrogen-bond acceptors (Lipinski definition) is 5. The smallest absolute Gasteiger partial charge is 0.195 e. The minimum atomic E-state index is -0.526. The van der Waals surface area contributed by atoms with Gasteiger partial charge in [0.05, 0.1) is 32.6 Å². The molecule has 1 aliphatic heterocycles. The van der Waals surface area contributed by atoms with Crippen molar-refractivity contribution in [1.82, 2.24) is 4.98 Å². The van der Waals surface area contributed by atoms with Crippen molar-refractivity contribution in [2.45, 2.75) is 13.0 Å². The van der Waals surface area contributed by atoms with Crippen LogP contribution < -0.4 is 4.74 Å². The van der Waals surface area contributed by atoms with Crippen molar-refractivity contribution in [2.75, 3.05) is 26.4 Å². The van der Waals surface area contributed by atoms with E-state index in [2.05, 4.69) is 4.98 Å². The largest absolute Gasteiger partial charge is 0.492 e. The highest BCUT2D eigenvalue weighted by atomic mass is 16.6. The Balaban J connectivity index is 2.09. The van der Waals surface area contributed by atoms with Gasteiger partial charge in [0, 0.05) is 11.8 Å². The topological polar surface area (TPSA) is 57.7 Å². The Bertz CT molecular complexity index is 388. The van der Waals surface area contributed by atoms with E-state index in [9.17, 15) is 4.79 Å². The molecule has 0 N–H and O–H groups in total. The lowest BCUT2D eigenvalue weighted by molar-refractivity contribution is -0.0719. The van der Waals surface area contributed by atoms with Gasteiger partial charge in [0.25, 0.3) is 0 Å². The summed E-state index contributed by atoms with van der Waals surface area (Å²) in [5.41, 5.74) is 0.492. The van der Waals surface area contributed by atoms with Crippen molar-refractivity contribution in [3.63, 3.8) is 0 Å². The van der Waals surface area contributed by atoms with E-state index in [0.29, 0.717) is 37.7 Å². The summed E-state index contributed by atoms with van der Waals surface area (Å²) in [5.74, 6) is 0.480. The predicted octanol–water partition coefficient (Wildman–Crippen LogP) is 1.08. The maximum Gasteiger partial charge on any atom is 0.195 e. The molecule has 2 rings (SSSR count). The molecule has 2 heterocycles. The lowest BCUT2D eigenvalue weighted by Crippen LogP contribution is -2.35. The van der Waals surface area contributed by atoms with Gasteiger partial charge in [0.15, 0.2) is 5.78 Å². The fraction of sp³-hybridized carbons (Fsp3) is 0.500. The summed E-state index contributed by atoms with van der Waals surface area (Å²) < 4.78 is 15.9. The van der Waals surface area contributed by atoms with Crippen molar-refractivity contribution < 1.29 is 19.0 Å². The van der Waals surface area contributed by atoms with Crippen LogP contribution in [0.15, 0.2) is 18.5 Å². The number of ether oxygens (including phenoxy) is 3. The van der Waals surface area contributed by atoms with Gasteiger partial charge in [-0.15, -0.1) is 0 Å². The zero-order chi connectivity index (χ0) is 12.1. The highest BCUT2D eigenvalue weighted by Gasteiger charge is 2.24. The van der Waals surface area contributed by atoms with Crippen LogP contribution in [0.1, 0.15) is 17.3 Å². The van der Waals surface area contributed by atoms with Crippen LogP contribution in [0.3, 0.4) is 0 Å². The molecule has 92 valence electrons. The second kappa shape index (κ2) is 5.75. The first kappa shape index (κ1) is 12.0. The number of aromatic nitrogens is 1. The first-order chi connectivity index (χ1) is 8.31. The van der Waals surface area contributed by atoms with E-state index in [1.807, 2.05) is 6.92 Å². The number of hydrogen-bond donors (Lipinski definition) is 0. The molecule has 5 nitrogen and oxygen atoms in total. The van der Waals surface area contributed by atoms with E-state index in [0.717, 1.165) is 0 Å². The SMILES string of the molecule is CCOc1cncc(C(=O)C2COCCO2)c1. The monoisotopic (exact) mass is 237 g/mol. The van der Waals surface area contributed by atoms with Gasteiger partial charge in [-0.2, -0.15) is 0 Å². The van der Waals surface area contributed by atoms with Gasteiger partial charge in [-0.3, -0.25) is 9.78 Å². The van der Waals surface area contributed by atoms with E-state index in [1.165, 1.54) is 6.20 Å². The van der Waals surface area contributed by atoms with Crippen molar-refractivity contribution in [2.24, 2.45) is 0 Å². The Kier molecular flexibility index (Phi) is 4.06. The normalized spacial score (nSPS) is 19.9. The van der Waals surface area contributed by atoms with Crippen LogP contribution in [0.5, 0.6) is 5.75 Å². The van der Waals surface area contributed by atoms with E-state index < -0.39 is 6.10 Å². The third kappa shape index (κ3) is 3.01. The van der Waals surface area contributed by atoms with E-state index in [1.54, 1.807) is 12.3 Å². The third-order valence-electron chi connectivity index (χ3n) is 2.42. The lowest BCUT2D eigenvalue weighted by atomic mass is 10.1. The molecule has 1 atom stereocenters.